The lowest BCUT2D eigenvalue weighted by molar-refractivity contribution is -0.137. The fourth-order valence-corrected chi connectivity index (χ4v) is 2.50. The molecule has 1 heterocycles. The highest BCUT2D eigenvalue weighted by Gasteiger charge is 2.27. The van der Waals surface area contributed by atoms with Gasteiger partial charge in [-0.1, -0.05) is 0 Å². The number of nitrogens with one attached hydrogen (secondary N) is 1. The van der Waals surface area contributed by atoms with E-state index < -0.39 is 11.9 Å². The van der Waals surface area contributed by atoms with Crippen LogP contribution in [0.25, 0.3) is 0 Å². The number of hydrogen-bond donors (Lipinski definition) is 3. The van der Waals surface area contributed by atoms with E-state index in [4.69, 9.17) is 10.8 Å². The highest BCUT2D eigenvalue weighted by Crippen LogP contribution is 2.21. The zero-order valence-corrected chi connectivity index (χ0v) is 11.8. The van der Waals surface area contributed by atoms with E-state index in [-0.39, 0.29) is 31.0 Å². The molecule has 1 aliphatic heterocycles. The minimum Gasteiger partial charge on any atom is -0.481 e. The molecule has 7 heteroatoms. The molecule has 0 saturated carbocycles. The van der Waals surface area contributed by atoms with Crippen LogP contribution < -0.4 is 11.1 Å². The average molecular weight is 285 g/mol. The zero-order chi connectivity index (χ0) is 15.1. The Morgan fingerprint density at radius 2 is 2.10 bits per heavy atom. The van der Waals surface area contributed by atoms with Crippen LogP contribution in [0.3, 0.4) is 0 Å². The second-order valence-corrected chi connectivity index (χ2v) is 5.30. The molecule has 1 rings (SSSR count). The van der Waals surface area contributed by atoms with Gasteiger partial charge in [0, 0.05) is 31.5 Å². The van der Waals surface area contributed by atoms with Gasteiger partial charge in [-0.05, 0) is 32.6 Å². The van der Waals surface area contributed by atoms with Gasteiger partial charge < -0.3 is 21.1 Å². The monoisotopic (exact) mass is 285 g/mol. The second-order valence-electron chi connectivity index (χ2n) is 5.30. The molecule has 0 spiro atoms. The summed E-state index contributed by atoms with van der Waals surface area (Å²) in [5.74, 6) is -1.31. The molecule has 0 radical (unpaired) electrons. The molecule has 0 aliphatic carbocycles. The molecule has 2 unspecified atom stereocenters. The number of primary amides is 1. The number of nitrogens with zero attached hydrogens (tertiary/aromatic N) is 1. The molecule has 2 atom stereocenters. The Balaban J connectivity index is 2.53. The lowest BCUT2D eigenvalue weighted by atomic mass is 9.98. The largest absolute Gasteiger partial charge is 0.481 e. The van der Waals surface area contributed by atoms with E-state index in [1.54, 1.807) is 11.8 Å². The molecule has 1 saturated heterocycles. The number of aliphatic carboxylic acids is 1. The van der Waals surface area contributed by atoms with Gasteiger partial charge in [-0.15, -0.1) is 0 Å². The van der Waals surface area contributed by atoms with Crippen molar-refractivity contribution >= 4 is 17.9 Å². The van der Waals surface area contributed by atoms with Crippen LogP contribution in [-0.4, -0.2) is 46.5 Å². The number of rotatable bonds is 6. The molecule has 0 aromatic heterocycles. The number of carbonyl (C=O) groups excluding carboxylic acids is 2. The van der Waals surface area contributed by atoms with Crippen LogP contribution in [0.1, 0.15) is 45.4 Å². The van der Waals surface area contributed by atoms with E-state index in [0.29, 0.717) is 13.0 Å². The molecule has 4 N–H and O–H groups in total. The van der Waals surface area contributed by atoms with Gasteiger partial charge in [0.1, 0.15) is 0 Å². The molecular weight excluding hydrogens is 262 g/mol. The first-order valence-corrected chi connectivity index (χ1v) is 6.97. The molecular formula is C13H23N3O4. The molecule has 114 valence electrons. The van der Waals surface area contributed by atoms with Gasteiger partial charge in [0.25, 0.3) is 0 Å². The third-order valence-corrected chi connectivity index (χ3v) is 3.46. The van der Waals surface area contributed by atoms with Crippen molar-refractivity contribution in [2.24, 2.45) is 5.73 Å². The Labute approximate surface area is 118 Å². The summed E-state index contributed by atoms with van der Waals surface area (Å²) in [5, 5.41) is 11.5. The first-order valence-electron chi connectivity index (χ1n) is 6.97. The number of carboxylic acid groups (broad SMARTS) is 1. The third kappa shape index (κ3) is 5.46. The molecule has 1 aliphatic rings. The van der Waals surface area contributed by atoms with Gasteiger partial charge >= 0.3 is 12.0 Å². The molecule has 20 heavy (non-hydrogen) atoms. The molecule has 0 aromatic rings. The standard InChI is InChI=1S/C13H23N3O4/c1-9(8-11(14)17)15-13(20)16-7-3-2-4-10(16)5-6-12(18)19/h9-10H,2-8H2,1H3,(H2,14,17)(H,15,20)(H,18,19). The Hall–Kier alpha value is -1.79. The summed E-state index contributed by atoms with van der Waals surface area (Å²) in [5.41, 5.74) is 5.09. The highest BCUT2D eigenvalue weighted by atomic mass is 16.4. The van der Waals surface area contributed by atoms with Gasteiger partial charge in [-0.2, -0.15) is 0 Å². The topological polar surface area (TPSA) is 113 Å². The minimum absolute atomic E-state index is 0.0411. The number of hydrogen-bond acceptors (Lipinski definition) is 3. The van der Waals surface area contributed by atoms with Crippen molar-refractivity contribution in [3.8, 4) is 0 Å². The lowest BCUT2D eigenvalue weighted by Crippen LogP contribution is -2.51. The van der Waals surface area contributed by atoms with Crippen LogP contribution in [0, 0.1) is 0 Å². The van der Waals surface area contributed by atoms with E-state index in [1.807, 2.05) is 0 Å². The number of amides is 3. The SMILES string of the molecule is CC(CC(N)=O)NC(=O)N1CCCCC1CCC(=O)O. The quantitative estimate of drug-likeness (QED) is 0.666. The van der Waals surface area contributed by atoms with Crippen LogP contribution in [0.2, 0.25) is 0 Å². The van der Waals surface area contributed by atoms with Crippen LogP contribution in [0.15, 0.2) is 0 Å². The van der Waals surface area contributed by atoms with Gasteiger partial charge in [0.15, 0.2) is 0 Å². The van der Waals surface area contributed by atoms with Crippen molar-refractivity contribution in [3.63, 3.8) is 0 Å². The van der Waals surface area contributed by atoms with Gasteiger partial charge in [-0.25, -0.2) is 4.79 Å². The normalized spacial score (nSPS) is 20.2. The van der Waals surface area contributed by atoms with Crippen molar-refractivity contribution in [3.05, 3.63) is 0 Å². The summed E-state index contributed by atoms with van der Waals surface area (Å²) in [6.07, 6.45) is 3.37. The van der Waals surface area contributed by atoms with Crippen LogP contribution in [-0.2, 0) is 9.59 Å². The zero-order valence-electron chi connectivity index (χ0n) is 11.8. The van der Waals surface area contributed by atoms with Crippen molar-refractivity contribution in [2.45, 2.75) is 57.5 Å². The summed E-state index contributed by atoms with van der Waals surface area (Å²) in [6, 6.07) is -0.600. The molecule has 0 aromatic carbocycles. The number of carbonyl (C=O) groups is 3. The average Bonchev–Trinajstić information content (AvgIpc) is 2.35. The minimum atomic E-state index is -0.849. The second kappa shape index (κ2) is 7.72. The summed E-state index contributed by atoms with van der Waals surface area (Å²) in [7, 11) is 0. The molecule has 7 nitrogen and oxygen atoms in total. The summed E-state index contributed by atoms with van der Waals surface area (Å²) < 4.78 is 0. The number of piperidine rings is 1. The van der Waals surface area contributed by atoms with Crippen molar-refractivity contribution < 1.29 is 19.5 Å². The summed E-state index contributed by atoms with van der Waals surface area (Å²) in [6.45, 7) is 2.35. The number of urea groups is 1. The molecule has 3 amide bonds. The van der Waals surface area contributed by atoms with E-state index in [2.05, 4.69) is 5.32 Å². The first-order chi connectivity index (χ1) is 9.40. The Kier molecular flexibility index (Phi) is 6.27. The number of likely N-dealkylation sites (tertiary alicyclic amines) is 1. The maximum absolute atomic E-state index is 12.2. The number of carboxylic acids is 1. The summed E-state index contributed by atoms with van der Waals surface area (Å²) >= 11 is 0. The lowest BCUT2D eigenvalue weighted by Gasteiger charge is -2.36. The smallest absolute Gasteiger partial charge is 0.317 e. The van der Waals surface area contributed by atoms with Gasteiger partial charge in [-0.3, -0.25) is 9.59 Å². The Bertz CT molecular complexity index is 373. The highest BCUT2D eigenvalue weighted by molar-refractivity contribution is 5.78. The van der Waals surface area contributed by atoms with Gasteiger partial charge in [0.2, 0.25) is 5.91 Å². The van der Waals surface area contributed by atoms with Crippen LogP contribution in [0.5, 0.6) is 0 Å². The Morgan fingerprint density at radius 3 is 2.70 bits per heavy atom. The maximum atomic E-state index is 12.2. The van der Waals surface area contributed by atoms with E-state index in [1.165, 1.54) is 0 Å². The maximum Gasteiger partial charge on any atom is 0.317 e. The predicted molar refractivity (Wildman–Crippen MR) is 73.0 cm³/mol. The third-order valence-electron chi connectivity index (χ3n) is 3.46. The van der Waals surface area contributed by atoms with E-state index in [9.17, 15) is 14.4 Å². The van der Waals surface area contributed by atoms with Crippen molar-refractivity contribution in [1.29, 1.82) is 0 Å². The number of nitrogens with two attached hydrogens (primary N) is 1. The van der Waals surface area contributed by atoms with Crippen molar-refractivity contribution in [2.75, 3.05) is 6.54 Å². The Morgan fingerprint density at radius 1 is 1.40 bits per heavy atom. The first kappa shape index (κ1) is 16.3. The molecule has 0 bridgehead atoms. The summed E-state index contributed by atoms with van der Waals surface area (Å²) in [4.78, 5) is 35.3. The van der Waals surface area contributed by atoms with Crippen molar-refractivity contribution in [1.82, 2.24) is 10.2 Å². The van der Waals surface area contributed by atoms with Crippen LogP contribution in [0.4, 0.5) is 4.79 Å². The fraction of sp³-hybridized carbons (Fsp3) is 0.769. The van der Waals surface area contributed by atoms with E-state index >= 15 is 0 Å². The van der Waals surface area contributed by atoms with Crippen LogP contribution >= 0.6 is 0 Å². The fourth-order valence-electron chi connectivity index (χ4n) is 2.50. The predicted octanol–water partition coefficient (Wildman–Crippen LogP) is 0.679. The molecule has 1 fully saturated rings. The van der Waals surface area contributed by atoms with Gasteiger partial charge in [0.05, 0.1) is 0 Å². The van der Waals surface area contributed by atoms with E-state index in [0.717, 1.165) is 19.3 Å².